The van der Waals surface area contributed by atoms with Gasteiger partial charge in [-0.15, -0.1) is 0 Å². The van der Waals surface area contributed by atoms with E-state index in [2.05, 4.69) is 21.2 Å². The van der Waals surface area contributed by atoms with Gasteiger partial charge in [0.15, 0.2) is 0 Å². The molecule has 0 fully saturated rings. The summed E-state index contributed by atoms with van der Waals surface area (Å²) in [7, 11) is 0. The van der Waals surface area contributed by atoms with Crippen LogP contribution >= 0.6 is 15.9 Å². The van der Waals surface area contributed by atoms with E-state index in [9.17, 15) is 4.79 Å². The highest BCUT2D eigenvalue weighted by atomic mass is 79.9. The van der Waals surface area contributed by atoms with Crippen LogP contribution in [0.3, 0.4) is 0 Å². The van der Waals surface area contributed by atoms with Gasteiger partial charge in [-0.3, -0.25) is 4.79 Å². The Bertz CT molecular complexity index is 347. The van der Waals surface area contributed by atoms with Crippen molar-refractivity contribution in [1.29, 1.82) is 0 Å². The first kappa shape index (κ1) is 11.2. The van der Waals surface area contributed by atoms with Crippen LogP contribution < -0.4 is 5.32 Å². The molecule has 1 aromatic carbocycles. The fraction of sp³-hybridized carbons (Fsp3) is 0.364. The van der Waals surface area contributed by atoms with Crippen LogP contribution in [-0.2, 0) is 0 Å². The molecule has 0 aliphatic heterocycles. The Morgan fingerprint density at radius 3 is 2.64 bits per heavy atom. The fourth-order valence-corrected chi connectivity index (χ4v) is 1.56. The van der Waals surface area contributed by atoms with Gasteiger partial charge in [0.25, 0.3) is 5.91 Å². The molecule has 0 aliphatic rings. The maximum Gasteiger partial charge on any atom is 0.251 e. The van der Waals surface area contributed by atoms with Gasteiger partial charge in [0.2, 0.25) is 0 Å². The maximum atomic E-state index is 11.7. The Balaban J connectivity index is 2.96. The molecule has 1 amide bonds. The van der Waals surface area contributed by atoms with Gasteiger partial charge in [-0.25, -0.2) is 0 Å². The van der Waals surface area contributed by atoms with Crippen LogP contribution in [0.25, 0.3) is 0 Å². The van der Waals surface area contributed by atoms with Crippen LogP contribution in [0.15, 0.2) is 22.7 Å². The number of rotatable bonds is 2. The zero-order valence-corrected chi connectivity index (χ0v) is 10.2. The van der Waals surface area contributed by atoms with Gasteiger partial charge in [-0.1, -0.05) is 22.0 Å². The number of hydrogen-bond acceptors (Lipinski definition) is 1. The third kappa shape index (κ3) is 2.58. The molecule has 0 heterocycles. The van der Waals surface area contributed by atoms with Crippen LogP contribution in [-0.4, -0.2) is 11.9 Å². The SMILES string of the molecule is Cc1c(Br)cccc1C(=O)NC(C)C. The summed E-state index contributed by atoms with van der Waals surface area (Å²) in [6.45, 7) is 5.83. The van der Waals surface area contributed by atoms with Crippen molar-refractivity contribution in [3.05, 3.63) is 33.8 Å². The Labute approximate surface area is 92.8 Å². The minimum Gasteiger partial charge on any atom is -0.350 e. The second kappa shape index (κ2) is 4.60. The average Bonchev–Trinajstić information content (AvgIpc) is 2.08. The minimum absolute atomic E-state index is 0.0150. The van der Waals surface area contributed by atoms with E-state index in [1.807, 2.05) is 39.0 Å². The molecule has 0 atom stereocenters. The molecule has 0 radical (unpaired) electrons. The Morgan fingerprint density at radius 1 is 1.43 bits per heavy atom. The molecule has 14 heavy (non-hydrogen) atoms. The molecular weight excluding hydrogens is 242 g/mol. The van der Waals surface area contributed by atoms with Crippen LogP contribution in [0.5, 0.6) is 0 Å². The normalized spacial score (nSPS) is 10.4. The van der Waals surface area contributed by atoms with E-state index in [1.54, 1.807) is 0 Å². The molecule has 76 valence electrons. The first-order chi connectivity index (χ1) is 6.52. The van der Waals surface area contributed by atoms with E-state index in [1.165, 1.54) is 0 Å². The summed E-state index contributed by atoms with van der Waals surface area (Å²) in [5.74, 6) is -0.0150. The number of benzene rings is 1. The first-order valence-corrected chi connectivity index (χ1v) is 5.37. The van der Waals surface area contributed by atoms with Crippen molar-refractivity contribution in [3.63, 3.8) is 0 Å². The lowest BCUT2D eigenvalue weighted by Crippen LogP contribution is -2.30. The largest absolute Gasteiger partial charge is 0.350 e. The monoisotopic (exact) mass is 255 g/mol. The van der Waals surface area contributed by atoms with E-state index in [-0.39, 0.29) is 11.9 Å². The highest BCUT2D eigenvalue weighted by molar-refractivity contribution is 9.10. The Kier molecular flexibility index (Phi) is 3.69. The topological polar surface area (TPSA) is 29.1 Å². The smallest absolute Gasteiger partial charge is 0.251 e. The number of carbonyl (C=O) groups is 1. The van der Waals surface area contributed by atoms with Gasteiger partial charge >= 0.3 is 0 Å². The summed E-state index contributed by atoms with van der Waals surface area (Å²) in [6, 6.07) is 5.80. The lowest BCUT2D eigenvalue weighted by atomic mass is 10.1. The number of carbonyl (C=O) groups excluding carboxylic acids is 1. The highest BCUT2D eigenvalue weighted by Crippen LogP contribution is 2.19. The van der Waals surface area contributed by atoms with Crippen LogP contribution in [0.1, 0.15) is 29.8 Å². The van der Waals surface area contributed by atoms with Gasteiger partial charge in [-0.05, 0) is 38.5 Å². The molecule has 0 unspecified atom stereocenters. The van der Waals surface area contributed by atoms with Gasteiger partial charge in [0, 0.05) is 16.1 Å². The number of amides is 1. The van der Waals surface area contributed by atoms with Crippen LogP contribution in [0.4, 0.5) is 0 Å². The fourth-order valence-electron chi connectivity index (χ4n) is 1.19. The van der Waals surface area contributed by atoms with E-state index in [0.29, 0.717) is 0 Å². The Hall–Kier alpha value is -0.830. The summed E-state index contributed by atoms with van der Waals surface area (Å²) in [4.78, 5) is 11.7. The molecule has 0 saturated carbocycles. The maximum absolute atomic E-state index is 11.7. The van der Waals surface area contributed by atoms with Gasteiger partial charge in [0.05, 0.1) is 0 Å². The molecule has 3 heteroatoms. The van der Waals surface area contributed by atoms with Crippen LogP contribution in [0, 0.1) is 6.92 Å². The molecule has 2 nitrogen and oxygen atoms in total. The number of halogens is 1. The van der Waals surface area contributed by atoms with Crippen molar-refractivity contribution >= 4 is 21.8 Å². The van der Waals surface area contributed by atoms with E-state index in [4.69, 9.17) is 0 Å². The first-order valence-electron chi connectivity index (χ1n) is 4.58. The third-order valence-electron chi connectivity index (χ3n) is 1.93. The molecule has 1 aromatic rings. The second-order valence-corrected chi connectivity index (χ2v) is 4.39. The van der Waals surface area contributed by atoms with Crippen molar-refractivity contribution < 1.29 is 4.79 Å². The van der Waals surface area contributed by atoms with Crippen molar-refractivity contribution in [2.24, 2.45) is 0 Å². The van der Waals surface area contributed by atoms with Gasteiger partial charge in [0.1, 0.15) is 0 Å². The molecule has 0 saturated heterocycles. The molecule has 0 aromatic heterocycles. The summed E-state index contributed by atoms with van der Waals surface area (Å²) >= 11 is 3.40. The summed E-state index contributed by atoms with van der Waals surface area (Å²) < 4.78 is 0.967. The average molecular weight is 256 g/mol. The second-order valence-electron chi connectivity index (χ2n) is 3.54. The highest BCUT2D eigenvalue weighted by Gasteiger charge is 2.10. The molecular formula is C11H14BrNO. The number of nitrogens with one attached hydrogen (secondary N) is 1. The van der Waals surface area contributed by atoms with Crippen molar-refractivity contribution in [1.82, 2.24) is 5.32 Å². The van der Waals surface area contributed by atoms with Gasteiger partial charge < -0.3 is 5.32 Å². The molecule has 0 bridgehead atoms. The predicted molar refractivity (Wildman–Crippen MR) is 61.5 cm³/mol. The standard InChI is InChI=1S/C11H14BrNO/c1-7(2)13-11(14)9-5-4-6-10(12)8(9)3/h4-7H,1-3H3,(H,13,14). The Morgan fingerprint density at radius 2 is 2.07 bits per heavy atom. The third-order valence-corrected chi connectivity index (χ3v) is 2.79. The molecule has 1 N–H and O–H groups in total. The van der Waals surface area contributed by atoms with Crippen molar-refractivity contribution in [2.45, 2.75) is 26.8 Å². The summed E-state index contributed by atoms with van der Waals surface area (Å²) in [5.41, 5.74) is 1.71. The zero-order chi connectivity index (χ0) is 10.7. The van der Waals surface area contributed by atoms with E-state index < -0.39 is 0 Å². The van der Waals surface area contributed by atoms with Gasteiger partial charge in [-0.2, -0.15) is 0 Å². The molecule has 0 aliphatic carbocycles. The summed E-state index contributed by atoms with van der Waals surface area (Å²) in [5, 5.41) is 2.87. The van der Waals surface area contributed by atoms with Crippen molar-refractivity contribution in [3.8, 4) is 0 Å². The summed E-state index contributed by atoms with van der Waals surface area (Å²) in [6.07, 6.45) is 0. The quantitative estimate of drug-likeness (QED) is 0.866. The lowest BCUT2D eigenvalue weighted by molar-refractivity contribution is 0.0942. The van der Waals surface area contributed by atoms with Crippen molar-refractivity contribution in [2.75, 3.05) is 0 Å². The molecule has 0 spiro atoms. The lowest BCUT2D eigenvalue weighted by Gasteiger charge is -2.10. The predicted octanol–water partition coefficient (Wildman–Crippen LogP) is 2.90. The minimum atomic E-state index is -0.0150. The number of hydrogen-bond donors (Lipinski definition) is 1. The van der Waals surface area contributed by atoms with E-state index >= 15 is 0 Å². The van der Waals surface area contributed by atoms with E-state index in [0.717, 1.165) is 15.6 Å². The zero-order valence-electron chi connectivity index (χ0n) is 8.60. The molecule has 1 rings (SSSR count). The van der Waals surface area contributed by atoms with Crippen LogP contribution in [0.2, 0.25) is 0 Å².